The summed E-state index contributed by atoms with van der Waals surface area (Å²) in [6.45, 7) is 0. The van der Waals surface area contributed by atoms with Crippen LogP contribution in [0.1, 0.15) is 27.8 Å². The molecule has 11 heteroatoms. The lowest BCUT2D eigenvalue weighted by Gasteiger charge is -2.36. The highest BCUT2D eigenvalue weighted by Gasteiger charge is 2.44. The lowest BCUT2D eigenvalue weighted by molar-refractivity contribution is -0.463. The fourth-order valence-electron chi connectivity index (χ4n) is 8.95. The van der Waals surface area contributed by atoms with Gasteiger partial charge in [0.15, 0.2) is 0 Å². The second-order valence-corrected chi connectivity index (χ2v) is 16.1. The highest BCUT2D eigenvalue weighted by molar-refractivity contribution is 6.32. The first kappa shape index (κ1) is 39.1. The number of nitrogens with zero attached hydrogens (tertiary/aromatic N) is 8. The standard InChI is InChI=1S/C47H50N10O/c1-52(2)30-17-13-15-26-35(27-16-14-18-31(53(3)4)37(27)45(36(26)30)56(9)10)43-34(25(23-48)24-49)44(47(43)58)42-38-28(50)19-21-32(54(5)6)40(38)46(57(11)12)41-33(55(7)8)22-20-29(51)39(41)42/h13-22H,50-51H2,1-12H3/p+1. The van der Waals surface area contributed by atoms with Gasteiger partial charge >= 0.3 is 0 Å². The Hall–Kier alpha value is -7.11. The molecule has 0 atom stereocenters. The van der Waals surface area contributed by atoms with Crippen molar-refractivity contribution in [2.45, 2.75) is 0 Å². The topological polar surface area (TPSA) is 139 Å². The van der Waals surface area contributed by atoms with Crippen molar-refractivity contribution in [3.05, 3.63) is 111 Å². The van der Waals surface area contributed by atoms with Crippen LogP contribution in [0.3, 0.4) is 0 Å². The van der Waals surface area contributed by atoms with Crippen LogP contribution >= 0.6 is 0 Å². The third-order valence-electron chi connectivity index (χ3n) is 11.3. The fraction of sp³-hybridized carbons (Fsp3) is 0.255. The summed E-state index contributed by atoms with van der Waals surface area (Å²) in [7, 11) is 24.1. The van der Waals surface area contributed by atoms with Crippen LogP contribution in [0.15, 0.2) is 83.1 Å². The molecule has 5 aromatic rings. The summed E-state index contributed by atoms with van der Waals surface area (Å²) in [5, 5.41) is 37.7. The van der Waals surface area contributed by atoms with E-state index >= 15 is 0 Å². The molecule has 7 rings (SSSR count). The van der Waals surface area contributed by atoms with Gasteiger partial charge in [0, 0.05) is 143 Å². The molecule has 0 heterocycles. The molecular weight excluding hydrogens is 721 g/mol. The van der Waals surface area contributed by atoms with Crippen molar-refractivity contribution in [1.29, 1.82) is 10.5 Å². The highest BCUT2D eigenvalue weighted by Crippen LogP contribution is 2.59. The minimum Gasteiger partial charge on any atom is -0.507 e. The van der Waals surface area contributed by atoms with Gasteiger partial charge < -0.3 is 41.1 Å². The molecule has 0 bridgehead atoms. The SMILES string of the molecule is CN(C)c1cccc2c1C(=[N+](C)C)c1c(cccc1N(C)C)C2=C1C(O)=C(c2c3c(N)ccc(N(C)C)c3c(N(C)C)c3c(N(C)C)ccc(N)c23)C1=C(C#N)C#N. The summed E-state index contributed by atoms with van der Waals surface area (Å²) >= 11 is 0. The Labute approximate surface area is 341 Å². The van der Waals surface area contributed by atoms with Gasteiger partial charge in [-0.3, -0.25) is 0 Å². The maximum Gasteiger partial charge on any atom is 0.219 e. The maximum absolute atomic E-state index is 13.0. The molecule has 0 spiro atoms. The molecule has 0 unspecified atom stereocenters. The van der Waals surface area contributed by atoms with E-state index in [4.69, 9.17) is 11.5 Å². The quantitative estimate of drug-likeness (QED) is 0.0700. The van der Waals surface area contributed by atoms with E-state index in [9.17, 15) is 15.6 Å². The molecule has 0 fully saturated rings. The van der Waals surface area contributed by atoms with Crippen molar-refractivity contribution in [1.82, 2.24) is 0 Å². The van der Waals surface area contributed by atoms with Gasteiger partial charge in [-0.05, 0) is 47.5 Å². The zero-order valence-corrected chi connectivity index (χ0v) is 35.5. The number of aliphatic hydroxyl groups excluding tert-OH is 1. The van der Waals surface area contributed by atoms with Crippen molar-refractivity contribution < 1.29 is 9.68 Å². The molecule has 58 heavy (non-hydrogen) atoms. The van der Waals surface area contributed by atoms with Gasteiger partial charge in [-0.15, -0.1) is 0 Å². The van der Waals surface area contributed by atoms with Crippen LogP contribution in [0.4, 0.5) is 39.8 Å². The first-order chi connectivity index (χ1) is 27.5. The normalized spacial score (nSPS) is 13.1. The number of nitrogens with two attached hydrogens (primary N) is 2. The van der Waals surface area contributed by atoms with E-state index < -0.39 is 0 Å². The highest BCUT2D eigenvalue weighted by atomic mass is 16.3. The summed E-state index contributed by atoms with van der Waals surface area (Å²) in [5.74, 6) is -0.0479. The van der Waals surface area contributed by atoms with Crippen molar-refractivity contribution in [2.24, 2.45) is 0 Å². The average Bonchev–Trinajstić information content (AvgIpc) is 3.16. The van der Waals surface area contributed by atoms with Gasteiger partial charge in [0.1, 0.15) is 37.6 Å². The van der Waals surface area contributed by atoms with E-state index in [0.717, 1.165) is 72.7 Å². The van der Waals surface area contributed by atoms with Crippen LogP contribution in [0.5, 0.6) is 0 Å². The first-order valence-corrected chi connectivity index (χ1v) is 19.0. The van der Waals surface area contributed by atoms with Gasteiger partial charge in [-0.25, -0.2) is 4.58 Å². The second-order valence-electron chi connectivity index (χ2n) is 16.1. The average molecular weight is 772 g/mol. The molecular formula is C47H51N10O+. The van der Waals surface area contributed by atoms with Crippen molar-refractivity contribution in [2.75, 3.05) is 121 Å². The molecule has 0 amide bonds. The van der Waals surface area contributed by atoms with E-state index in [2.05, 4.69) is 55.7 Å². The Bertz CT molecular complexity index is 2680. The van der Waals surface area contributed by atoms with Crippen LogP contribution < -0.4 is 36.0 Å². The number of nitriles is 2. The number of benzene rings is 5. The Balaban J connectivity index is 1.81. The number of allylic oxidation sites excluding steroid dienone is 3. The van der Waals surface area contributed by atoms with Crippen LogP contribution in [0, 0.1) is 22.7 Å². The molecule has 2 aliphatic rings. The Kier molecular flexibility index (Phi) is 9.53. The molecule has 0 radical (unpaired) electrons. The summed E-state index contributed by atoms with van der Waals surface area (Å²) in [5.41, 5.74) is 26.7. The molecule has 0 saturated carbocycles. The number of nitrogen functional groups attached to an aromatic ring is 2. The Morgan fingerprint density at radius 3 is 1.33 bits per heavy atom. The van der Waals surface area contributed by atoms with Crippen molar-refractivity contribution in [3.63, 3.8) is 0 Å². The summed E-state index contributed by atoms with van der Waals surface area (Å²) in [6.07, 6.45) is 0. The number of aliphatic hydroxyl groups is 1. The van der Waals surface area contributed by atoms with Gasteiger partial charge in [-0.2, -0.15) is 10.5 Å². The van der Waals surface area contributed by atoms with Crippen LogP contribution in [0.2, 0.25) is 0 Å². The predicted molar refractivity (Wildman–Crippen MR) is 244 cm³/mol. The lowest BCUT2D eigenvalue weighted by atomic mass is 9.68. The van der Waals surface area contributed by atoms with Gasteiger partial charge in [0.2, 0.25) is 5.71 Å². The molecule has 5 N–H and O–H groups in total. The third-order valence-corrected chi connectivity index (χ3v) is 11.3. The number of hydrogen-bond acceptors (Lipinski definition) is 10. The van der Waals surface area contributed by atoms with Gasteiger partial charge in [0.25, 0.3) is 0 Å². The Morgan fingerprint density at radius 1 is 0.534 bits per heavy atom. The number of hydrogen-bond donors (Lipinski definition) is 3. The molecule has 11 nitrogen and oxygen atoms in total. The predicted octanol–water partition coefficient (Wildman–Crippen LogP) is 7.04. The Morgan fingerprint density at radius 2 is 0.966 bits per heavy atom. The number of anilines is 7. The largest absolute Gasteiger partial charge is 0.507 e. The molecule has 0 saturated heterocycles. The second kappa shape index (κ2) is 14.1. The van der Waals surface area contributed by atoms with Crippen molar-refractivity contribution in [3.8, 4) is 12.1 Å². The summed E-state index contributed by atoms with van der Waals surface area (Å²) < 4.78 is 2.13. The zero-order valence-electron chi connectivity index (χ0n) is 35.5. The number of rotatable bonds is 6. The first-order valence-electron chi connectivity index (χ1n) is 19.0. The van der Waals surface area contributed by atoms with Crippen molar-refractivity contribution >= 4 is 78.2 Å². The lowest BCUT2D eigenvalue weighted by Crippen LogP contribution is -2.30. The van der Waals surface area contributed by atoms with Gasteiger partial charge in [0.05, 0.1) is 28.2 Å². The van der Waals surface area contributed by atoms with Crippen LogP contribution in [-0.4, -0.2) is 100.0 Å². The minimum absolute atomic E-state index is 0.0479. The maximum atomic E-state index is 13.0. The molecule has 294 valence electrons. The monoisotopic (exact) mass is 771 g/mol. The summed E-state index contributed by atoms with van der Waals surface area (Å²) in [4.78, 5) is 10.3. The summed E-state index contributed by atoms with van der Waals surface area (Å²) in [6, 6.07) is 24.5. The van der Waals surface area contributed by atoms with Crippen LogP contribution in [0.25, 0.3) is 32.7 Å². The molecule has 2 aliphatic carbocycles. The van der Waals surface area contributed by atoms with E-state index in [0.29, 0.717) is 44.4 Å². The van der Waals surface area contributed by atoms with Gasteiger partial charge in [-0.1, -0.05) is 24.3 Å². The van der Waals surface area contributed by atoms with Crippen LogP contribution in [-0.2, 0) is 0 Å². The minimum atomic E-state index is -0.129. The van der Waals surface area contributed by atoms with E-state index in [-0.39, 0.29) is 11.3 Å². The third kappa shape index (κ3) is 5.49. The smallest absolute Gasteiger partial charge is 0.219 e. The fourth-order valence-corrected chi connectivity index (χ4v) is 8.95. The molecule has 0 aromatic heterocycles. The molecule has 5 aromatic carbocycles. The van der Waals surface area contributed by atoms with E-state index in [1.807, 2.05) is 131 Å². The number of fused-ring (bicyclic) bond motifs is 4. The molecule has 0 aliphatic heterocycles. The zero-order chi connectivity index (χ0) is 42.2. The van der Waals surface area contributed by atoms with E-state index in [1.54, 1.807) is 0 Å². The van der Waals surface area contributed by atoms with E-state index in [1.165, 1.54) is 0 Å².